The molecular weight excluding hydrogens is 530 g/mol. The van der Waals surface area contributed by atoms with E-state index in [0.717, 1.165) is 6.07 Å². The van der Waals surface area contributed by atoms with Crippen molar-refractivity contribution in [2.45, 2.75) is 31.3 Å². The summed E-state index contributed by atoms with van der Waals surface area (Å²) in [7, 11) is 1.96. The molecule has 2 rings (SSSR count). The average Bonchev–Trinajstić information content (AvgIpc) is 2.87. The lowest BCUT2D eigenvalue weighted by Gasteiger charge is -2.34. The van der Waals surface area contributed by atoms with Crippen molar-refractivity contribution in [1.82, 2.24) is 5.32 Å². The third-order valence-corrected chi connectivity index (χ3v) is 6.30. The van der Waals surface area contributed by atoms with E-state index in [1.54, 1.807) is 0 Å². The Kier molecular flexibility index (Phi) is 11.7. The van der Waals surface area contributed by atoms with Crippen LogP contribution in [0, 0.1) is 34.9 Å². The second kappa shape index (κ2) is 14.3. The predicted octanol–water partition coefficient (Wildman–Crippen LogP) is 1.66. The fraction of sp³-hybridized carbons (Fsp3) is 0.440. The van der Waals surface area contributed by atoms with Gasteiger partial charge in [0.1, 0.15) is 6.04 Å². The van der Waals surface area contributed by atoms with Crippen LogP contribution in [0.15, 0.2) is 24.3 Å². The highest BCUT2D eigenvalue weighted by atomic mass is 19.2. The monoisotopic (exact) mass is 563 g/mol. The van der Waals surface area contributed by atoms with E-state index in [4.69, 9.17) is 17.2 Å². The molecule has 0 heterocycles. The molecule has 2 amide bonds. The number of carbonyl (C=O) groups excluding carboxylic acids is 2. The van der Waals surface area contributed by atoms with Gasteiger partial charge in [-0.3, -0.25) is 9.59 Å². The van der Waals surface area contributed by atoms with Crippen LogP contribution in [0.5, 0.6) is 0 Å². The van der Waals surface area contributed by atoms with Crippen LogP contribution in [-0.2, 0) is 16.0 Å². The van der Waals surface area contributed by atoms with Crippen molar-refractivity contribution in [3.8, 4) is 0 Å². The van der Waals surface area contributed by atoms with Gasteiger partial charge in [-0.25, -0.2) is 26.3 Å². The van der Waals surface area contributed by atoms with E-state index in [1.807, 2.05) is 12.4 Å². The Morgan fingerprint density at radius 1 is 0.846 bits per heavy atom. The predicted molar refractivity (Wildman–Crippen MR) is 133 cm³/mol. The average molecular weight is 564 g/mol. The molecule has 0 spiro atoms. The molecule has 0 aliphatic rings. The quantitative estimate of drug-likeness (QED) is 0.135. The molecule has 0 aliphatic heterocycles. The highest BCUT2D eigenvalue weighted by molar-refractivity contribution is 5.98. The molecule has 14 heteroatoms. The van der Waals surface area contributed by atoms with Crippen molar-refractivity contribution in [3.63, 3.8) is 0 Å². The topological polar surface area (TPSA) is 136 Å². The number of nitrogens with one attached hydrogen (secondary N) is 2. The number of rotatable bonds is 14. The Morgan fingerprint density at radius 2 is 1.44 bits per heavy atom. The van der Waals surface area contributed by atoms with Gasteiger partial charge in [0.25, 0.3) is 0 Å². The van der Waals surface area contributed by atoms with Gasteiger partial charge in [0.15, 0.2) is 34.9 Å². The van der Waals surface area contributed by atoms with Crippen LogP contribution < -0.4 is 27.8 Å². The first-order valence-corrected chi connectivity index (χ1v) is 12.2. The van der Waals surface area contributed by atoms with Crippen LogP contribution in [0.2, 0.25) is 0 Å². The molecule has 0 saturated heterocycles. The summed E-state index contributed by atoms with van der Waals surface area (Å²) in [6, 6.07) is -0.135. The van der Waals surface area contributed by atoms with Crippen LogP contribution in [0.25, 0.3) is 0 Å². The van der Waals surface area contributed by atoms with E-state index in [9.17, 15) is 35.9 Å². The summed E-state index contributed by atoms with van der Waals surface area (Å²) in [5, 5.41) is 4.34. The number of hydrogen-bond acceptors (Lipinski definition) is 5. The van der Waals surface area contributed by atoms with Crippen LogP contribution in [0.4, 0.5) is 32.0 Å². The fourth-order valence-electron chi connectivity index (χ4n) is 4.07. The van der Waals surface area contributed by atoms with E-state index in [0.29, 0.717) is 61.8 Å². The molecule has 8 N–H and O–H groups in total. The minimum absolute atomic E-state index is 0.195. The van der Waals surface area contributed by atoms with Crippen molar-refractivity contribution in [3.05, 3.63) is 64.7 Å². The van der Waals surface area contributed by atoms with Crippen molar-refractivity contribution in [2.24, 2.45) is 17.2 Å². The molecule has 216 valence electrons. The number of nitrogens with zero attached hydrogens (tertiary/aromatic N) is 1. The van der Waals surface area contributed by atoms with Gasteiger partial charge in [0, 0.05) is 19.5 Å². The summed E-state index contributed by atoms with van der Waals surface area (Å²) in [5.41, 5.74) is 16.4. The maximum atomic E-state index is 14.1. The minimum Gasteiger partial charge on any atom is -0.343 e. The Hall–Kier alpha value is -3.20. The van der Waals surface area contributed by atoms with Crippen molar-refractivity contribution in [1.29, 1.82) is 0 Å². The van der Waals surface area contributed by atoms with Gasteiger partial charge in [-0.2, -0.15) is 0 Å². The van der Waals surface area contributed by atoms with Crippen molar-refractivity contribution in [2.75, 3.05) is 45.1 Å². The normalized spacial score (nSPS) is 13.2. The van der Waals surface area contributed by atoms with Gasteiger partial charge in [-0.1, -0.05) is 0 Å². The number of halogens is 6. The van der Waals surface area contributed by atoms with Crippen LogP contribution in [-0.4, -0.2) is 68.2 Å². The lowest BCUT2D eigenvalue weighted by molar-refractivity contribution is -0.907. The second-order valence-electron chi connectivity index (χ2n) is 9.47. The van der Waals surface area contributed by atoms with Gasteiger partial charge in [-0.05, 0) is 42.7 Å². The molecule has 0 aliphatic carbocycles. The molecule has 0 radical (unpaired) electrons. The number of anilines is 1. The number of nitrogens with two attached hydrogens (primary N) is 3. The molecule has 2 aromatic rings. The molecule has 0 fully saturated rings. The molecule has 2 atom stereocenters. The minimum atomic E-state index is -1.84. The summed E-state index contributed by atoms with van der Waals surface area (Å²) in [4.78, 5) is 25.7. The first kappa shape index (κ1) is 32.0. The molecule has 39 heavy (non-hydrogen) atoms. The highest BCUT2D eigenvalue weighted by Gasteiger charge is 2.28. The zero-order valence-electron chi connectivity index (χ0n) is 21.4. The summed E-state index contributed by atoms with van der Waals surface area (Å²) in [6.07, 6.45) is 0.128. The number of carbonyl (C=O) groups is 2. The second-order valence-corrected chi connectivity index (χ2v) is 9.47. The van der Waals surface area contributed by atoms with Crippen LogP contribution in [0.3, 0.4) is 0 Å². The highest BCUT2D eigenvalue weighted by Crippen LogP contribution is 2.21. The van der Waals surface area contributed by atoms with Gasteiger partial charge >= 0.3 is 0 Å². The van der Waals surface area contributed by atoms with Crippen molar-refractivity contribution < 1.29 is 40.4 Å². The maximum absolute atomic E-state index is 14.1. The number of likely N-dealkylation sites (N-methyl/N-ethyl adjacent to an activating group) is 1. The third-order valence-electron chi connectivity index (χ3n) is 6.30. The maximum Gasteiger partial charge on any atom is 0.247 e. The fourth-order valence-corrected chi connectivity index (χ4v) is 4.07. The lowest BCUT2D eigenvalue weighted by Crippen LogP contribution is -2.52. The van der Waals surface area contributed by atoms with E-state index in [2.05, 4.69) is 5.32 Å². The largest absolute Gasteiger partial charge is 0.343 e. The first-order chi connectivity index (χ1) is 18.3. The van der Waals surface area contributed by atoms with E-state index >= 15 is 0 Å². The zero-order chi connectivity index (χ0) is 29.3. The molecule has 1 unspecified atom stereocenters. The first-order valence-electron chi connectivity index (χ1n) is 12.2. The SMILES string of the molecule is C[N+](CCN)(CCN)CCCC(N)C(=O)N[C@@H](Cc1cc(F)c(F)c(F)c1)C(=O)Nc1ccc(F)c(F)c1F. The number of hydrogen-bond donors (Lipinski definition) is 5. The Bertz CT molecular complexity index is 1140. The van der Waals surface area contributed by atoms with Gasteiger partial charge < -0.3 is 32.3 Å². The van der Waals surface area contributed by atoms with Gasteiger partial charge in [0.2, 0.25) is 11.8 Å². The summed E-state index contributed by atoms with van der Waals surface area (Å²) < 4.78 is 82.4. The molecule has 2 aromatic carbocycles. The zero-order valence-corrected chi connectivity index (χ0v) is 21.4. The third kappa shape index (κ3) is 8.92. The molecule has 8 nitrogen and oxygen atoms in total. The lowest BCUT2D eigenvalue weighted by atomic mass is 10.0. The Balaban J connectivity index is 2.19. The standard InChI is InChI=1S/C25H32F6N6O2/c1-37(9-6-32,10-7-33)8-2-3-18(34)24(38)36-20(13-14-11-16(27)21(29)17(28)12-14)25(39)35-19-5-4-15(26)22(30)23(19)31/h4-5,11-12,18,20H,2-3,6-10,13,32-34H2,1H3,(H-,35,36,38,39)/p+1/t18?,20-/m0/s1. The van der Waals surface area contributed by atoms with Gasteiger partial charge in [0.05, 0.1) is 38.4 Å². The number of benzene rings is 2. The molecule has 0 saturated carbocycles. The molecular formula is C25H33F6N6O2+. The van der Waals surface area contributed by atoms with Crippen molar-refractivity contribution >= 4 is 17.5 Å². The Morgan fingerprint density at radius 3 is 2.00 bits per heavy atom. The smallest absolute Gasteiger partial charge is 0.247 e. The Labute approximate surface area is 222 Å². The summed E-state index contributed by atoms with van der Waals surface area (Å²) >= 11 is 0. The van der Waals surface area contributed by atoms with Crippen LogP contribution in [0.1, 0.15) is 18.4 Å². The molecule has 0 bridgehead atoms. The van der Waals surface area contributed by atoms with Crippen LogP contribution >= 0.6 is 0 Å². The van der Waals surface area contributed by atoms with E-state index in [1.165, 1.54) is 0 Å². The van der Waals surface area contributed by atoms with E-state index in [-0.39, 0.29) is 12.0 Å². The van der Waals surface area contributed by atoms with Gasteiger partial charge in [-0.15, -0.1) is 0 Å². The summed E-state index contributed by atoms with van der Waals surface area (Å²) in [6.45, 7) is 2.80. The summed E-state index contributed by atoms with van der Waals surface area (Å²) in [5.74, 6) is -11.8. The molecule has 0 aromatic heterocycles. The number of quaternary nitrogens is 1. The number of amides is 2. The van der Waals surface area contributed by atoms with E-state index < -0.39 is 70.9 Å².